The maximum absolute atomic E-state index is 10.9. The molecule has 0 unspecified atom stereocenters. The Kier molecular flexibility index (Phi) is 2.55. The van der Waals surface area contributed by atoms with Gasteiger partial charge in [0.2, 0.25) is 0 Å². The second-order valence-electron chi connectivity index (χ2n) is 3.06. The van der Waals surface area contributed by atoms with E-state index >= 15 is 0 Å². The van der Waals surface area contributed by atoms with Crippen LogP contribution in [0.4, 0.5) is 5.82 Å². The van der Waals surface area contributed by atoms with Crippen molar-refractivity contribution in [3.63, 3.8) is 0 Å². The molecule has 0 amide bonds. The average Bonchev–Trinajstić information content (AvgIpc) is 2.84. The Balaban J connectivity index is 2.61. The Bertz CT molecular complexity index is 473. The van der Waals surface area contributed by atoms with E-state index in [-0.39, 0.29) is 0 Å². The number of aryl methyl sites for hydroxylation is 1. The summed E-state index contributed by atoms with van der Waals surface area (Å²) < 4.78 is 1.64. The fourth-order valence-corrected chi connectivity index (χ4v) is 2.16. The van der Waals surface area contributed by atoms with Crippen LogP contribution in [0.5, 0.6) is 0 Å². The van der Waals surface area contributed by atoms with Gasteiger partial charge in [-0.15, -0.1) is 11.3 Å². The molecule has 2 aromatic rings. The van der Waals surface area contributed by atoms with Crippen LogP contribution in [0.1, 0.15) is 17.3 Å². The predicted molar refractivity (Wildman–Crippen MR) is 61.0 cm³/mol. The van der Waals surface area contributed by atoms with Crippen LogP contribution in [0, 0.1) is 0 Å². The van der Waals surface area contributed by atoms with Gasteiger partial charge in [0.1, 0.15) is 11.5 Å². The number of aldehydes is 1. The van der Waals surface area contributed by atoms with Crippen LogP contribution in [0.3, 0.4) is 0 Å². The fraction of sp³-hybridized carbons (Fsp3) is 0.200. The molecule has 2 aromatic heterocycles. The van der Waals surface area contributed by atoms with Crippen molar-refractivity contribution in [2.24, 2.45) is 0 Å². The second-order valence-corrected chi connectivity index (χ2v) is 4.01. The van der Waals surface area contributed by atoms with Crippen molar-refractivity contribution in [1.29, 1.82) is 0 Å². The summed E-state index contributed by atoms with van der Waals surface area (Å²) in [6.07, 6.45) is 0.767. The summed E-state index contributed by atoms with van der Waals surface area (Å²) in [6.45, 7) is 2.61. The van der Waals surface area contributed by atoms with E-state index in [1.54, 1.807) is 16.0 Å². The van der Waals surface area contributed by atoms with Gasteiger partial charge in [-0.3, -0.25) is 4.79 Å². The first-order valence-corrected chi connectivity index (χ1v) is 5.51. The smallest absolute Gasteiger partial charge is 0.156 e. The fourth-order valence-electron chi connectivity index (χ4n) is 1.44. The zero-order valence-corrected chi connectivity index (χ0v) is 9.12. The van der Waals surface area contributed by atoms with Crippen molar-refractivity contribution < 1.29 is 4.79 Å². The van der Waals surface area contributed by atoms with Gasteiger partial charge >= 0.3 is 0 Å². The number of nitrogen functional groups attached to an aromatic ring is 1. The zero-order valence-electron chi connectivity index (χ0n) is 8.30. The van der Waals surface area contributed by atoms with Crippen molar-refractivity contribution in [3.05, 3.63) is 23.1 Å². The lowest BCUT2D eigenvalue weighted by molar-refractivity contribution is 0.112. The van der Waals surface area contributed by atoms with Crippen LogP contribution in [0.15, 0.2) is 17.5 Å². The van der Waals surface area contributed by atoms with Gasteiger partial charge in [-0.25, -0.2) is 4.68 Å². The second kappa shape index (κ2) is 3.86. The van der Waals surface area contributed by atoms with Crippen LogP contribution < -0.4 is 5.73 Å². The number of rotatable bonds is 3. The van der Waals surface area contributed by atoms with Crippen molar-refractivity contribution in [2.75, 3.05) is 5.73 Å². The molecule has 15 heavy (non-hydrogen) atoms. The SMILES string of the molecule is CCn1nc(-c2cccs2)c(C=O)c1N. The van der Waals surface area contributed by atoms with Gasteiger partial charge < -0.3 is 5.73 Å². The molecule has 0 aliphatic carbocycles. The maximum atomic E-state index is 10.9. The van der Waals surface area contributed by atoms with E-state index in [2.05, 4.69) is 5.10 Å². The van der Waals surface area contributed by atoms with Crippen molar-refractivity contribution in [2.45, 2.75) is 13.5 Å². The van der Waals surface area contributed by atoms with Gasteiger partial charge in [-0.1, -0.05) is 6.07 Å². The summed E-state index contributed by atoms with van der Waals surface area (Å²) in [4.78, 5) is 11.9. The highest BCUT2D eigenvalue weighted by atomic mass is 32.1. The number of hydrogen-bond donors (Lipinski definition) is 1. The largest absolute Gasteiger partial charge is 0.383 e. The molecule has 0 saturated heterocycles. The molecule has 0 aliphatic rings. The van der Waals surface area contributed by atoms with Gasteiger partial charge in [0, 0.05) is 6.54 Å². The molecular weight excluding hydrogens is 210 g/mol. The lowest BCUT2D eigenvalue weighted by atomic mass is 10.2. The first-order valence-electron chi connectivity index (χ1n) is 4.63. The van der Waals surface area contributed by atoms with Gasteiger partial charge in [0.05, 0.1) is 10.4 Å². The lowest BCUT2D eigenvalue weighted by Gasteiger charge is -1.96. The number of thiophene rings is 1. The zero-order chi connectivity index (χ0) is 10.8. The molecular formula is C10H11N3OS. The van der Waals surface area contributed by atoms with Crippen LogP contribution >= 0.6 is 11.3 Å². The standard InChI is InChI=1S/C10H11N3OS/c1-2-13-10(11)7(6-14)9(12-13)8-4-3-5-15-8/h3-6H,2,11H2,1H3. The summed E-state index contributed by atoms with van der Waals surface area (Å²) in [5.41, 5.74) is 6.97. The maximum Gasteiger partial charge on any atom is 0.156 e. The summed E-state index contributed by atoms with van der Waals surface area (Å²) in [5.74, 6) is 0.441. The molecule has 4 nitrogen and oxygen atoms in total. The van der Waals surface area contributed by atoms with E-state index in [1.165, 1.54) is 0 Å². The number of carbonyl (C=O) groups excluding carboxylic acids is 1. The quantitative estimate of drug-likeness (QED) is 0.807. The number of carbonyl (C=O) groups is 1. The van der Waals surface area contributed by atoms with Crippen LogP contribution in [-0.4, -0.2) is 16.1 Å². The molecule has 2 heterocycles. The van der Waals surface area contributed by atoms with E-state index in [9.17, 15) is 4.79 Å². The van der Waals surface area contributed by atoms with E-state index in [1.807, 2.05) is 24.4 Å². The third kappa shape index (κ3) is 1.55. The minimum atomic E-state index is 0.441. The normalized spacial score (nSPS) is 10.5. The number of nitrogens with zero attached hydrogens (tertiary/aromatic N) is 2. The van der Waals surface area contributed by atoms with E-state index in [4.69, 9.17) is 5.73 Å². The predicted octanol–water partition coefficient (Wildman–Crippen LogP) is 2.03. The Morgan fingerprint density at radius 2 is 2.47 bits per heavy atom. The minimum absolute atomic E-state index is 0.441. The summed E-state index contributed by atoms with van der Waals surface area (Å²) in [5, 5.41) is 6.26. The molecule has 2 rings (SSSR count). The Morgan fingerprint density at radius 1 is 1.67 bits per heavy atom. The van der Waals surface area contributed by atoms with Crippen LogP contribution in [0.2, 0.25) is 0 Å². The highest BCUT2D eigenvalue weighted by molar-refractivity contribution is 7.13. The molecule has 0 radical (unpaired) electrons. The number of hydrogen-bond acceptors (Lipinski definition) is 4. The van der Waals surface area contributed by atoms with Gasteiger partial charge in [0.25, 0.3) is 0 Å². The van der Waals surface area contributed by atoms with Crippen molar-refractivity contribution in [1.82, 2.24) is 9.78 Å². The molecule has 0 spiro atoms. The monoisotopic (exact) mass is 221 g/mol. The molecule has 78 valence electrons. The highest BCUT2D eigenvalue weighted by Gasteiger charge is 2.15. The molecule has 0 saturated carbocycles. The van der Waals surface area contributed by atoms with E-state index < -0.39 is 0 Å². The van der Waals surface area contributed by atoms with Gasteiger partial charge in [0.15, 0.2) is 6.29 Å². The molecule has 0 aliphatic heterocycles. The Morgan fingerprint density at radius 3 is 3.00 bits per heavy atom. The average molecular weight is 221 g/mol. The van der Waals surface area contributed by atoms with Gasteiger partial charge in [-0.05, 0) is 18.4 Å². The minimum Gasteiger partial charge on any atom is -0.383 e. The van der Waals surface area contributed by atoms with Crippen LogP contribution in [-0.2, 0) is 6.54 Å². The van der Waals surface area contributed by atoms with Crippen molar-refractivity contribution >= 4 is 23.4 Å². The Labute approximate surface area is 91.3 Å². The highest BCUT2D eigenvalue weighted by Crippen LogP contribution is 2.29. The van der Waals surface area contributed by atoms with Crippen molar-refractivity contribution in [3.8, 4) is 10.6 Å². The number of aromatic nitrogens is 2. The lowest BCUT2D eigenvalue weighted by Crippen LogP contribution is -2.02. The van der Waals surface area contributed by atoms with Gasteiger partial charge in [-0.2, -0.15) is 5.10 Å². The number of nitrogens with two attached hydrogens (primary N) is 1. The third-order valence-corrected chi connectivity index (χ3v) is 3.08. The van der Waals surface area contributed by atoms with E-state index in [0.717, 1.165) is 11.2 Å². The first kappa shape index (κ1) is 9.92. The molecule has 0 aromatic carbocycles. The summed E-state index contributed by atoms with van der Waals surface area (Å²) in [6, 6.07) is 3.86. The molecule has 2 N–H and O–H groups in total. The molecule has 0 fully saturated rings. The van der Waals surface area contributed by atoms with E-state index in [0.29, 0.717) is 23.6 Å². The third-order valence-electron chi connectivity index (χ3n) is 2.20. The summed E-state index contributed by atoms with van der Waals surface area (Å²) in [7, 11) is 0. The topological polar surface area (TPSA) is 60.9 Å². The van der Waals surface area contributed by atoms with Crippen LogP contribution in [0.25, 0.3) is 10.6 Å². The summed E-state index contributed by atoms with van der Waals surface area (Å²) >= 11 is 1.55. The molecule has 0 atom stereocenters. The molecule has 5 heteroatoms. The Hall–Kier alpha value is -1.62. The molecule has 0 bridgehead atoms. The number of anilines is 1. The first-order chi connectivity index (χ1) is 7.27.